The van der Waals surface area contributed by atoms with Gasteiger partial charge in [0.1, 0.15) is 0 Å². The molecule has 3 rings (SSSR count). The van der Waals surface area contributed by atoms with Crippen LogP contribution in [0.25, 0.3) is 5.69 Å². The topological polar surface area (TPSA) is 91.8 Å². The van der Waals surface area contributed by atoms with Gasteiger partial charge in [-0.05, 0) is 42.8 Å². The van der Waals surface area contributed by atoms with Crippen LogP contribution in [-0.4, -0.2) is 20.6 Å². The molecule has 3 N–H and O–H groups in total. The first-order valence-electron chi connectivity index (χ1n) is 7.45. The summed E-state index contributed by atoms with van der Waals surface area (Å²) < 4.78 is 1.54. The first-order valence-corrected chi connectivity index (χ1v) is 7.45. The third-order valence-corrected chi connectivity index (χ3v) is 3.52. The van der Waals surface area contributed by atoms with E-state index in [1.54, 1.807) is 41.4 Å². The molecule has 0 radical (unpaired) electrons. The van der Waals surface area contributed by atoms with Crippen molar-refractivity contribution in [2.45, 2.75) is 13.5 Å². The quantitative estimate of drug-likeness (QED) is 0.687. The van der Waals surface area contributed by atoms with Gasteiger partial charge in [0.05, 0.1) is 5.69 Å². The highest BCUT2D eigenvalue weighted by Crippen LogP contribution is 2.14. The fourth-order valence-corrected chi connectivity index (χ4v) is 2.36. The summed E-state index contributed by atoms with van der Waals surface area (Å²) in [7, 11) is 0. The van der Waals surface area contributed by atoms with Crippen molar-refractivity contribution in [1.82, 2.24) is 19.9 Å². The molecule has 24 heavy (non-hydrogen) atoms. The molecule has 2 heterocycles. The number of pyridine rings is 1. The normalized spacial score (nSPS) is 10.4. The largest absolute Gasteiger partial charge is 0.334 e. The van der Waals surface area contributed by atoms with Gasteiger partial charge in [-0.15, -0.1) is 0 Å². The minimum atomic E-state index is -0.318. The number of carbonyl (C=O) groups is 1. The second-order valence-corrected chi connectivity index (χ2v) is 5.28. The van der Waals surface area contributed by atoms with Crippen molar-refractivity contribution in [1.29, 1.82) is 0 Å². The van der Waals surface area contributed by atoms with Crippen LogP contribution in [0.15, 0.2) is 59.8 Å². The zero-order valence-corrected chi connectivity index (χ0v) is 13.1. The molecule has 2 amide bonds. The number of nitrogens with zero attached hydrogens (tertiary/aromatic N) is 2. The van der Waals surface area contributed by atoms with Crippen LogP contribution in [0.2, 0.25) is 0 Å². The minimum Gasteiger partial charge on any atom is -0.334 e. The van der Waals surface area contributed by atoms with Crippen molar-refractivity contribution >= 4 is 11.7 Å². The molecular formula is C17H17N5O2. The number of aromatic amines is 1. The van der Waals surface area contributed by atoms with Crippen LogP contribution in [0, 0.1) is 6.92 Å². The van der Waals surface area contributed by atoms with E-state index in [1.165, 1.54) is 0 Å². The van der Waals surface area contributed by atoms with Gasteiger partial charge in [0.2, 0.25) is 0 Å². The highest BCUT2D eigenvalue weighted by Gasteiger charge is 2.07. The van der Waals surface area contributed by atoms with Crippen LogP contribution < -0.4 is 16.3 Å². The number of hydrogen-bond acceptors (Lipinski definition) is 3. The molecule has 1 aromatic carbocycles. The molecule has 0 saturated carbocycles. The lowest BCUT2D eigenvalue weighted by molar-refractivity contribution is 0.251. The predicted octanol–water partition coefficient (Wildman–Crippen LogP) is 2.19. The Balaban J connectivity index is 1.69. The number of hydrogen-bond donors (Lipinski definition) is 3. The molecule has 0 unspecified atom stereocenters. The number of urea groups is 1. The summed E-state index contributed by atoms with van der Waals surface area (Å²) >= 11 is 0. The summed E-state index contributed by atoms with van der Waals surface area (Å²) in [6.07, 6.45) is 4.99. The summed E-state index contributed by atoms with van der Waals surface area (Å²) in [5, 5.41) is 5.53. The number of carbonyl (C=O) groups excluding carboxylic acids is 1. The van der Waals surface area contributed by atoms with E-state index in [0.717, 1.165) is 11.3 Å². The second-order valence-electron chi connectivity index (χ2n) is 5.28. The Morgan fingerprint density at radius 3 is 2.75 bits per heavy atom. The highest BCUT2D eigenvalue weighted by molar-refractivity contribution is 5.89. The Morgan fingerprint density at radius 2 is 2.04 bits per heavy atom. The molecule has 7 heteroatoms. The summed E-state index contributed by atoms with van der Waals surface area (Å²) in [6, 6.07) is 10.5. The predicted molar refractivity (Wildman–Crippen MR) is 91.2 cm³/mol. The number of aromatic nitrogens is 3. The number of H-pyrrole nitrogens is 1. The summed E-state index contributed by atoms with van der Waals surface area (Å²) in [4.78, 5) is 30.4. The lowest BCUT2D eigenvalue weighted by Crippen LogP contribution is -2.28. The van der Waals surface area contributed by atoms with E-state index in [9.17, 15) is 9.59 Å². The van der Waals surface area contributed by atoms with E-state index in [-0.39, 0.29) is 11.7 Å². The lowest BCUT2D eigenvalue weighted by atomic mass is 10.2. The van der Waals surface area contributed by atoms with Crippen LogP contribution in [0.1, 0.15) is 11.3 Å². The average molecular weight is 323 g/mol. The number of anilines is 1. The van der Waals surface area contributed by atoms with Gasteiger partial charge in [0, 0.05) is 36.5 Å². The van der Waals surface area contributed by atoms with Crippen molar-refractivity contribution in [3.8, 4) is 5.69 Å². The van der Waals surface area contributed by atoms with E-state index < -0.39 is 0 Å². The molecule has 7 nitrogen and oxygen atoms in total. The molecule has 0 aliphatic carbocycles. The number of aryl methyl sites for hydroxylation is 1. The fraction of sp³-hybridized carbons (Fsp3) is 0.118. The lowest BCUT2D eigenvalue weighted by Gasteiger charge is -2.10. The van der Waals surface area contributed by atoms with Gasteiger partial charge in [-0.1, -0.05) is 6.07 Å². The molecule has 0 saturated heterocycles. The molecule has 0 fully saturated rings. The van der Waals surface area contributed by atoms with E-state index >= 15 is 0 Å². The zero-order chi connectivity index (χ0) is 16.9. The van der Waals surface area contributed by atoms with E-state index in [0.29, 0.717) is 17.9 Å². The summed E-state index contributed by atoms with van der Waals surface area (Å²) in [5.41, 5.74) is 2.83. The maximum atomic E-state index is 12.0. The number of rotatable bonds is 4. The molecule has 122 valence electrons. The molecule has 0 aliphatic heterocycles. The van der Waals surface area contributed by atoms with Gasteiger partial charge in [-0.3, -0.25) is 9.55 Å². The van der Waals surface area contributed by atoms with Crippen LogP contribution in [0.5, 0.6) is 0 Å². The Kier molecular flexibility index (Phi) is 4.42. The maximum absolute atomic E-state index is 12.0. The van der Waals surface area contributed by atoms with Crippen LogP contribution in [0.3, 0.4) is 0 Å². The van der Waals surface area contributed by atoms with Gasteiger partial charge in [0.15, 0.2) is 0 Å². The third-order valence-electron chi connectivity index (χ3n) is 3.52. The van der Waals surface area contributed by atoms with Gasteiger partial charge >= 0.3 is 11.7 Å². The van der Waals surface area contributed by atoms with Gasteiger partial charge in [-0.2, -0.15) is 0 Å². The smallest absolute Gasteiger partial charge is 0.330 e. The number of benzene rings is 1. The van der Waals surface area contributed by atoms with Gasteiger partial charge in [-0.25, -0.2) is 9.59 Å². The Morgan fingerprint density at radius 1 is 1.25 bits per heavy atom. The molecular weight excluding hydrogens is 306 g/mol. The number of nitrogens with one attached hydrogen (secondary N) is 3. The molecule has 2 aromatic heterocycles. The molecule has 0 aliphatic rings. The van der Waals surface area contributed by atoms with Gasteiger partial charge in [0.25, 0.3) is 0 Å². The van der Waals surface area contributed by atoms with Crippen molar-refractivity contribution in [3.63, 3.8) is 0 Å². The Labute approximate surface area is 138 Å². The molecule has 0 atom stereocenters. The minimum absolute atomic E-state index is 0.216. The monoisotopic (exact) mass is 323 g/mol. The van der Waals surface area contributed by atoms with Crippen molar-refractivity contribution in [3.05, 3.63) is 76.7 Å². The highest BCUT2D eigenvalue weighted by atomic mass is 16.2. The van der Waals surface area contributed by atoms with Crippen LogP contribution in [0.4, 0.5) is 10.5 Å². The van der Waals surface area contributed by atoms with E-state index in [4.69, 9.17) is 0 Å². The zero-order valence-electron chi connectivity index (χ0n) is 13.1. The average Bonchev–Trinajstić information content (AvgIpc) is 2.93. The molecule has 0 bridgehead atoms. The molecule has 0 spiro atoms. The fourth-order valence-electron chi connectivity index (χ4n) is 2.36. The van der Waals surface area contributed by atoms with Crippen molar-refractivity contribution in [2.24, 2.45) is 0 Å². The van der Waals surface area contributed by atoms with Gasteiger partial charge < -0.3 is 15.6 Å². The van der Waals surface area contributed by atoms with Crippen LogP contribution >= 0.6 is 0 Å². The maximum Gasteiger partial charge on any atom is 0.330 e. The molecule has 3 aromatic rings. The van der Waals surface area contributed by atoms with Crippen molar-refractivity contribution in [2.75, 3.05) is 5.32 Å². The van der Waals surface area contributed by atoms with Crippen molar-refractivity contribution < 1.29 is 4.79 Å². The Bertz CT molecular complexity index is 899. The summed E-state index contributed by atoms with van der Waals surface area (Å²) in [5.74, 6) is 0. The standard InChI is InChI=1S/C17H17N5O2/c1-12-10-20-17(24)22(12)15-4-2-3-14(9-15)21-16(23)19-11-13-5-7-18-8-6-13/h2-10H,11H2,1H3,(H,20,24)(H2,19,21,23). The number of amides is 2. The summed E-state index contributed by atoms with van der Waals surface area (Å²) in [6.45, 7) is 2.24. The van der Waals surface area contributed by atoms with E-state index in [1.807, 2.05) is 25.1 Å². The van der Waals surface area contributed by atoms with E-state index in [2.05, 4.69) is 20.6 Å². The number of imidazole rings is 1. The SMILES string of the molecule is Cc1c[nH]c(=O)n1-c1cccc(NC(=O)NCc2ccncc2)c1. The first kappa shape index (κ1) is 15.5. The van der Waals surface area contributed by atoms with Crippen LogP contribution in [-0.2, 0) is 6.54 Å². The first-order chi connectivity index (χ1) is 11.6. The third kappa shape index (κ3) is 3.52. The second kappa shape index (κ2) is 6.82. The Hall–Kier alpha value is -3.35.